The molecule has 0 unspecified atom stereocenters. The zero-order valence-corrected chi connectivity index (χ0v) is 14.2. The van der Waals surface area contributed by atoms with Gasteiger partial charge in [-0.1, -0.05) is 11.6 Å². The Kier molecular flexibility index (Phi) is 7.23. The zero-order chi connectivity index (χ0) is 17.2. The number of nitrogens with one attached hydrogen (secondary N) is 1. The summed E-state index contributed by atoms with van der Waals surface area (Å²) in [5.41, 5.74) is 0. The maximum atomic E-state index is 11.7. The van der Waals surface area contributed by atoms with E-state index in [1.807, 2.05) is 24.3 Å². The average molecular weight is 350 g/mol. The molecule has 24 heavy (non-hydrogen) atoms. The lowest BCUT2D eigenvalue weighted by atomic mass is 10.3. The van der Waals surface area contributed by atoms with Crippen molar-refractivity contribution in [3.8, 4) is 17.2 Å². The molecule has 0 saturated heterocycles. The van der Waals surface area contributed by atoms with Crippen LogP contribution < -0.4 is 19.5 Å². The number of amides is 1. The lowest BCUT2D eigenvalue weighted by Crippen LogP contribution is -2.29. The summed E-state index contributed by atoms with van der Waals surface area (Å²) >= 11 is 5.79. The Morgan fingerprint density at radius 2 is 1.46 bits per heavy atom. The van der Waals surface area contributed by atoms with Gasteiger partial charge >= 0.3 is 0 Å². The van der Waals surface area contributed by atoms with Crippen LogP contribution in [-0.2, 0) is 4.79 Å². The Labute approximate surface area is 146 Å². The van der Waals surface area contributed by atoms with Crippen LogP contribution in [0.5, 0.6) is 17.2 Å². The van der Waals surface area contributed by atoms with Crippen LogP contribution in [0.1, 0.15) is 6.42 Å². The van der Waals surface area contributed by atoms with Crippen LogP contribution >= 0.6 is 11.6 Å². The first-order valence-corrected chi connectivity index (χ1v) is 7.97. The van der Waals surface area contributed by atoms with E-state index in [9.17, 15) is 4.79 Å². The molecule has 5 nitrogen and oxygen atoms in total. The molecule has 2 aromatic carbocycles. The fourth-order valence-corrected chi connectivity index (χ4v) is 2.04. The Morgan fingerprint density at radius 1 is 0.917 bits per heavy atom. The number of halogens is 1. The van der Waals surface area contributed by atoms with Gasteiger partial charge in [0.2, 0.25) is 5.91 Å². The summed E-state index contributed by atoms with van der Waals surface area (Å²) in [5.74, 6) is 2.12. The second-order valence-electron chi connectivity index (χ2n) is 4.93. The van der Waals surface area contributed by atoms with Gasteiger partial charge in [0.15, 0.2) is 0 Å². The summed E-state index contributed by atoms with van der Waals surface area (Å²) in [4.78, 5) is 11.7. The van der Waals surface area contributed by atoms with E-state index in [0.29, 0.717) is 30.5 Å². The molecule has 1 N–H and O–H groups in total. The minimum atomic E-state index is -0.0812. The zero-order valence-electron chi connectivity index (χ0n) is 13.5. The van der Waals surface area contributed by atoms with Crippen molar-refractivity contribution in [3.05, 3.63) is 53.6 Å². The summed E-state index contributed by atoms with van der Waals surface area (Å²) in [6.07, 6.45) is 0.283. The molecule has 0 fully saturated rings. The number of hydrogen-bond donors (Lipinski definition) is 1. The molecule has 0 aliphatic heterocycles. The van der Waals surface area contributed by atoms with Crippen molar-refractivity contribution in [1.82, 2.24) is 5.32 Å². The molecule has 0 aliphatic rings. The molecule has 0 aromatic heterocycles. The first-order valence-electron chi connectivity index (χ1n) is 7.59. The van der Waals surface area contributed by atoms with Crippen molar-refractivity contribution in [3.63, 3.8) is 0 Å². The summed E-state index contributed by atoms with van der Waals surface area (Å²) in [7, 11) is 1.61. The van der Waals surface area contributed by atoms with Gasteiger partial charge in [0, 0.05) is 5.02 Å². The fourth-order valence-electron chi connectivity index (χ4n) is 1.91. The highest BCUT2D eigenvalue weighted by Gasteiger charge is 2.02. The number of rotatable bonds is 9. The predicted octanol–water partition coefficient (Wildman–Crippen LogP) is 3.31. The summed E-state index contributed by atoms with van der Waals surface area (Å²) in [5, 5.41) is 3.43. The number of methoxy groups -OCH3 is 1. The monoisotopic (exact) mass is 349 g/mol. The quantitative estimate of drug-likeness (QED) is 0.706. The topological polar surface area (TPSA) is 56.8 Å². The van der Waals surface area contributed by atoms with E-state index in [0.717, 1.165) is 11.5 Å². The highest BCUT2D eigenvalue weighted by molar-refractivity contribution is 6.30. The Morgan fingerprint density at radius 3 is 2.08 bits per heavy atom. The molecule has 0 atom stereocenters. The van der Waals surface area contributed by atoms with Gasteiger partial charge < -0.3 is 19.5 Å². The third-order valence-electron chi connectivity index (χ3n) is 3.16. The Hall–Kier alpha value is -2.40. The largest absolute Gasteiger partial charge is 0.497 e. The second kappa shape index (κ2) is 9.67. The van der Waals surface area contributed by atoms with E-state index >= 15 is 0 Å². The summed E-state index contributed by atoms with van der Waals surface area (Å²) < 4.78 is 16.1. The van der Waals surface area contributed by atoms with E-state index < -0.39 is 0 Å². The van der Waals surface area contributed by atoms with E-state index in [2.05, 4.69) is 5.32 Å². The van der Waals surface area contributed by atoms with Gasteiger partial charge in [-0.15, -0.1) is 0 Å². The van der Waals surface area contributed by atoms with E-state index in [1.54, 1.807) is 31.4 Å². The van der Waals surface area contributed by atoms with Crippen LogP contribution in [0, 0.1) is 0 Å². The normalized spacial score (nSPS) is 10.1. The molecule has 128 valence electrons. The number of hydrogen-bond acceptors (Lipinski definition) is 4. The van der Waals surface area contributed by atoms with Gasteiger partial charge in [0.1, 0.15) is 23.9 Å². The number of carbonyl (C=O) groups is 1. The van der Waals surface area contributed by atoms with Gasteiger partial charge in [0.25, 0.3) is 0 Å². The van der Waals surface area contributed by atoms with Crippen molar-refractivity contribution < 1.29 is 19.0 Å². The lowest BCUT2D eigenvalue weighted by molar-refractivity contribution is -0.121. The van der Waals surface area contributed by atoms with Gasteiger partial charge in [0.05, 0.1) is 26.7 Å². The van der Waals surface area contributed by atoms with E-state index in [1.165, 1.54) is 0 Å². The lowest BCUT2D eigenvalue weighted by Gasteiger charge is -2.09. The molecule has 1 amide bonds. The third-order valence-corrected chi connectivity index (χ3v) is 3.42. The standard InChI is InChI=1S/C18H20ClNO4/c1-22-15-6-8-17(9-7-15)24-13-11-20-18(21)10-12-23-16-4-2-14(19)3-5-16/h2-9H,10-13H2,1H3,(H,20,21). The fraction of sp³-hybridized carbons (Fsp3) is 0.278. The molecule has 2 aromatic rings. The van der Waals surface area contributed by atoms with Gasteiger partial charge in [-0.3, -0.25) is 4.79 Å². The molecular weight excluding hydrogens is 330 g/mol. The van der Waals surface area contributed by atoms with E-state index in [4.69, 9.17) is 25.8 Å². The van der Waals surface area contributed by atoms with Crippen molar-refractivity contribution in [2.45, 2.75) is 6.42 Å². The maximum Gasteiger partial charge on any atom is 0.223 e. The minimum Gasteiger partial charge on any atom is -0.497 e. The first-order chi connectivity index (χ1) is 11.7. The van der Waals surface area contributed by atoms with Crippen molar-refractivity contribution in [2.75, 3.05) is 26.9 Å². The summed E-state index contributed by atoms with van der Waals surface area (Å²) in [6.45, 7) is 1.15. The van der Waals surface area contributed by atoms with Crippen molar-refractivity contribution in [1.29, 1.82) is 0 Å². The predicted molar refractivity (Wildman–Crippen MR) is 93.1 cm³/mol. The van der Waals surface area contributed by atoms with Crippen LogP contribution in [0.4, 0.5) is 0 Å². The highest BCUT2D eigenvalue weighted by atomic mass is 35.5. The molecular formula is C18H20ClNO4. The van der Waals surface area contributed by atoms with Gasteiger partial charge in [-0.2, -0.15) is 0 Å². The summed E-state index contributed by atoms with van der Waals surface area (Å²) in [6, 6.07) is 14.3. The van der Waals surface area contributed by atoms with E-state index in [-0.39, 0.29) is 12.3 Å². The first kappa shape index (κ1) is 17.9. The van der Waals surface area contributed by atoms with Crippen molar-refractivity contribution >= 4 is 17.5 Å². The Balaban J connectivity index is 1.56. The number of carbonyl (C=O) groups excluding carboxylic acids is 1. The number of ether oxygens (including phenoxy) is 3. The van der Waals surface area contributed by atoms with Gasteiger partial charge in [-0.05, 0) is 48.5 Å². The highest BCUT2D eigenvalue weighted by Crippen LogP contribution is 2.17. The SMILES string of the molecule is COc1ccc(OCCNC(=O)CCOc2ccc(Cl)cc2)cc1. The molecule has 0 aliphatic carbocycles. The Bertz CT molecular complexity index is 628. The molecule has 0 bridgehead atoms. The molecule has 6 heteroatoms. The maximum absolute atomic E-state index is 11.7. The van der Waals surface area contributed by atoms with Crippen LogP contribution in [-0.4, -0.2) is 32.8 Å². The molecule has 0 saturated carbocycles. The molecule has 0 heterocycles. The average Bonchev–Trinajstić information content (AvgIpc) is 2.61. The molecule has 0 radical (unpaired) electrons. The molecule has 2 rings (SSSR count). The van der Waals surface area contributed by atoms with Crippen LogP contribution in [0.25, 0.3) is 0 Å². The second-order valence-corrected chi connectivity index (χ2v) is 5.36. The van der Waals surface area contributed by atoms with Crippen LogP contribution in [0.15, 0.2) is 48.5 Å². The number of benzene rings is 2. The van der Waals surface area contributed by atoms with Crippen LogP contribution in [0.3, 0.4) is 0 Å². The minimum absolute atomic E-state index is 0.0812. The van der Waals surface area contributed by atoms with Gasteiger partial charge in [-0.25, -0.2) is 0 Å². The molecule has 0 spiro atoms. The van der Waals surface area contributed by atoms with Crippen molar-refractivity contribution in [2.24, 2.45) is 0 Å². The van der Waals surface area contributed by atoms with Crippen LogP contribution in [0.2, 0.25) is 5.02 Å². The smallest absolute Gasteiger partial charge is 0.223 e. The third kappa shape index (κ3) is 6.38.